The molecule has 1 aromatic rings. The summed E-state index contributed by atoms with van der Waals surface area (Å²) in [7, 11) is -2.66. The Labute approximate surface area is 122 Å². The van der Waals surface area contributed by atoms with Crippen LogP contribution in [0, 0.1) is 10.1 Å². The van der Waals surface area contributed by atoms with Crippen LogP contribution < -0.4 is 4.74 Å². The highest BCUT2D eigenvalue weighted by Crippen LogP contribution is 2.33. The van der Waals surface area contributed by atoms with E-state index in [9.17, 15) is 23.6 Å². The molecule has 2 rings (SSSR count). The van der Waals surface area contributed by atoms with Crippen molar-refractivity contribution in [2.45, 2.75) is 23.8 Å². The number of benzene rings is 1. The maximum Gasteiger partial charge on any atom is 0.271 e. The van der Waals surface area contributed by atoms with Crippen LogP contribution >= 0.6 is 0 Å². The SMILES string of the molecule is COc1ccc([N+](=O)[O-])cc1S(=O)(=O)N1CCCC1CO. The van der Waals surface area contributed by atoms with Gasteiger partial charge in [-0.15, -0.1) is 0 Å². The maximum atomic E-state index is 12.7. The van der Waals surface area contributed by atoms with Gasteiger partial charge in [0.2, 0.25) is 10.0 Å². The second kappa shape index (κ2) is 5.96. The average Bonchev–Trinajstić information content (AvgIpc) is 2.95. The molecule has 1 heterocycles. The Morgan fingerprint density at radius 3 is 2.81 bits per heavy atom. The van der Waals surface area contributed by atoms with Crippen LogP contribution in [0.3, 0.4) is 0 Å². The van der Waals surface area contributed by atoms with Crippen molar-refractivity contribution in [1.82, 2.24) is 4.31 Å². The van der Waals surface area contributed by atoms with Gasteiger partial charge in [0, 0.05) is 24.7 Å². The summed E-state index contributed by atoms with van der Waals surface area (Å²) in [6.45, 7) is -0.00409. The zero-order valence-electron chi connectivity index (χ0n) is 11.4. The first kappa shape index (κ1) is 15.7. The summed E-state index contributed by atoms with van der Waals surface area (Å²) in [5.41, 5.74) is -0.325. The summed E-state index contributed by atoms with van der Waals surface area (Å²) < 4.78 is 31.5. The predicted octanol–water partition coefficient (Wildman–Crippen LogP) is 0.749. The molecular formula is C12H16N2O6S. The first-order valence-electron chi connectivity index (χ1n) is 6.37. The number of nitrogens with zero attached hydrogens (tertiary/aromatic N) is 2. The summed E-state index contributed by atoms with van der Waals surface area (Å²) in [6.07, 6.45) is 1.20. The third kappa shape index (κ3) is 2.85. The quantitative estimate of drug-likeness (QED) is 0.634. The number of hydrogen-bond donors (Lipinski definition) is 1. The van der Waals surface area contributed by atoms with Crippen molar-refractivity contribution in [3.63, 3.8) is 0 Å². The van der Waals surface area contributed by atoms with Gasteiger partial charge in [-0.3, -0.25) is 10.1 Å². The van der Waals surface area contributed by atoms with Gasteiger partial charge in [0.15, 0.2) is 0 Å². The first-order chi connectivity index (χ1) is 9.91. The third-order valence-electron chi connectivity index (χ3n) is 3.48. The second-order valence-electron chi connectivity index (χ2n) is 4.69. The molecule has 1 atom stereocenters. The lowest BCUT2D eigenvalue weighted by Gasteiger charge is -2.23. The molecule has 0 radical (unpaired) electrons. The molecule has 0 spiro atoms. The molecule has 0 saturated carbocycles. The number of non-ortho nitro benzene ring substituents is 1. The fourth-order valence-corrected chi connectivity index (χ4v) is 4.28. The molecule has 1 N–H and O–H groups in total. The van der Waals surface area contributed by atoms with Crippen molar-refractivity contribution < 1.29 is 23.2 Å². The molecule has 116 valence electrons. The molecule has 0 bridgehead atoms. The zero-order valence-corrected chi connectivity index (χ0v) is 12.2. The Morgan fingerprint density at radius 2 is 2.24 bits per heavy atom. The van der Waals surface area contributed by atoms with Crippen LogP contribution in [-0.2, 0) is 10.0 Å². The van der Waals surface area contributed by atoms with Gasteiger partial charge < -0.3 is 9.84 Å². The number of sulfonamides is 1. The molecule has 1 unspecified atom stereocenters. The molecule has 0 aromatic heterocycles. The van der Waals surface area contributed by atoms with Crippen LogP contribution in [0.15, 0.2) is 23.1 Å². The zero-order chi connectivity index (χ0) is 15.6. The highest BCUT2D eigenvalue weighted by molar-refractivity contribution is 7.89. The number of rotatable bonds is 5. The van der Waals surface area contributed by atoms with Gasteiger partial charge in [-0.1, -0.05) is 0 Å². The fraction of sp³-hybridized carbons (Fsp3) is 0.500. The van der Waals surface area contributed by atoms with E-state index in [1.54, 1.807) is 0 Å². The lowest BCUT2D eigenvalue weighted by molar-refractivity contribution is -0.385. The van der Waals surface area contributed by atoms with E-state index < -0.39 is 21.0 Å². The van der Waals surface area contributed by atoms with E-state index in [1.807, 2.05) is 0 Å². The van der Waals surface area contributed by atoms with E-state index in [2.05, 4.69) is 0 Å². The van der Waals surface area contributed by atoms with Gasteiger partial charge in [0.1, 0.15) is 10.6 Å². The molecular weight excluding hydrogens is 300 g/mol. The van der Waals surface area contributed by atoms with E-state index in [-0.39, 0.29) is 29.5 Å². The highest BCUT2D eigenvalue weighted by atomic mass is 32.2. The van der Waals surface area contributed by atoms with E-state index in [4.69, 9.17) is 4.74 Å². The third-order valence-corrected chi connectivity index (χ3v) is 5.45. The van der Waals surface area contributed by atoms with Crippen molar-refractivity contribution in [2.75, 3.05) is 20.3 Å². The van der Waals surface area contributed by atoms with Gasteiger partial charge in [-0.05, 0) is 18.9 Å². The van der Waals surface area contributed by atoms with E-state index in [0.29, 0.717) is 12.8 Å². The summed E-state index contributed by atoms with van der Waals surface area (Å²) in [5.74, 6) is 0.0455. The Hall–Kier alpha value is -1.71. The standard InChI is InChI=1S/C12H16N2O6S/c1-20-11-5-4-9(14(16)17)7-12(11)21(18,19)13-6-2-3-10(13)8-15/h4-5,7,10,15H,2-3,6,8H2,1H3. The monoisotopic (exact) mass is 316 g/mol. The Morgan fingerprint density at radius 1 is 1.52 bits per heavy atom. The normalized spacial score (nSPS) is 19.6. The smallest absolute Gasteiger partial charge is 0.271 e. The lowest BCUT2D eigenvalue weighted by Crippen LogP contribution is -2.37. The molecule has 1 aliphatic heterocycles. The molecule has 1 aromatic carbocycles. The Balaban J connectivity index is 2.52. The van der Waals surface area contributed by atoms with Gasteiger partial charge in [0.25, 0.3) is 5.69 Å². The van der Waals surface area contributed by atoms with E-state index in [1.165, 1.54) is 23.5 Å². The van der Waals surface area contributed by atoms with E-state index >= 15 is 0 Å². The second-order valence-corrected chi connectivity index (χ2v) is 6.55. The highest BCUT2D eigenvalue weighted by Gasteiger charge is 2.37. The number of aliphatic hydroxyl groups excluding tert-OH is 1. The van der Waals surface area contributed by atoms with Gasteiger partial charge in [-0.2, -0.15) is 4.31 Å². The number of nitro benzene ring substituents is 1. The van der Waals surface area contributed by atoms with Crippen molar-refractivity contribution in [3.8, 4) is 5.75 Å². The summed E-state index contributed by atoms with van der Waals surface area (Å²) >= 11 is 0. The first-order valence-corrected chi connectivity index (χ1v) is 7.81. The summed E-state index contributed by atoms with van der Waals surface area (Å²) in [6, 6.07) is 2.93. The van der Waals surface area contributed by atoms with Crippen LogP contribution in [0.5, 0.6) is 5.75 Å². The Bertz CT molecular complexity index is 645. The largest absolute Gasteiger partial charge is 0.495 e. The van der Waals surface area contributed by atoms with Gasteiger partial charge >= 0.3 is 0 Å². The van der Waals surface area contributed by atoms with Crippen LogP contribution in [0.25, 0.3) is 0 Å². The Kier molecular flexibility index (Phi) is 4.45. The topological polar surface area (TPSA) is 110 Å². The van der Waals surface area contributed by atoms with Crippen molar-refractivity contribution in [3.05, 3.63) is 28.3 Å². The van der Waals surface area contributed by atoms with Crippen molar-refractivity contribution in [1.29, 1.82) is 0 Å². The van der Waals surface area contributed by atoms with Crippen LogP contribution in [0.4, 0.5) is 5.69 Å². The number of hydrogen-bond acceptors (Lipinski definition) is 6. The molecule has 21 heavy (non-hydrogen) atoms. The molecule has 0 amide bonds. The number of ether oxygens (including phenoxy) is 1. The summed E-state index contributed by atoms with van der Waals surface area (Å²) in [5, 5.41) is 20.1. The average molecular weight is 316 g/mol. The molecule has 0 aliphatic carbocycles. The summed E-state index contributed by atoms with van der Waals surface area (Å²) in [4.78, 5) is 9.93. The van der Waals surface area contributed by atoms with Crippen LogP contribution in [0.1, 0.15) is 12.8 Å². The fourth-order valence-electron chi connectivity index (χ4n) is 2.41. The van der Waals surface area contributed by atoms with Crippen molar-refractivity contribution >= 4 is 15.7 Å². The number of aliphatic hydroxyl groups is 1. The minimum Gasteiger partial charge on any atom is -0.495 e. The molecule has 1 aliphatic rings. The van der Waals surface area contributed by atoms with Gasteiger partial charge in [0.05, 0.1) is 18.6 Å². The van der Waals surface area contributed by atoms with Crippen LogP contribution in [-0.4, -0.2) is 49.1 Å². The molecule has 8 nitrogen and oxygen atoms in total. The number of nitro groups is 1. The molecule has 9 heteroatoms. The van der Waals surface area contributed by atoms with Crippen LogP contribution in [0.2, 0.25) is 0 Å². The predicted molar refractivity (Wildman–Crippen MR) is 73.6 cm³/mol. The lowest BCUT2D eigenvalue weighted by atomic mass is 10.2. The minimum absolute atomic E-state index is 0.0455. The van der Waals surface area contributed by atoms with Gasteiger partial charge in [-0.25, -0.2) is 8.42 Å². The molecule has 1 saturated heterocycles. The maximum absolute atomic E-state index is 12.7. The van der Waals surface area contributed by atoms with E-state index in [0.717, 1.165) is 6.07 Å². The van der Waals surface area contributed by atoms with Crippen molar-refractivity contribution in [2.24, 2.45) is 0 Å². The number of methoxy groups -OCH3 is 1. The molecule has 1 fully saturated rings. The minimum atomic E-state index is -3.95.